The Bertz CT molecular complexity index is 625. The van der Waals surface area contributed by atoms with E-state index in [9.17, 15) is 0 Å². The van der Waals surface area contributed by atoms with Gasteiger partial charge in [0.1, 0.15) is 0 Å². The first-order chi connectivity index (χ1) is 8.33. The molecule has 0 unspecified atom stereocenters. The van der Waals surface area contributed by atoms with Crippen LogP contribution in [0.5, 0.6) is 0 Å². The first-order valence-electron chi connectivity index (χ1n) is 5.55. The molecule has 4 heteroatoms. The molecule has 1 aromatic carbocycles. The molecule has 3 aromatic rings. The second-order valence-electron chi connectivity index (χ2n) is 4.07. The standard InChI is InChI=1S/C13H13N3S/c14-12-2-1-11-8-15-16(13(11)7-12)5-3-10-4-6-17-9-10/h1-2,4,6-9H,3,5,14H2. The number of aryl methyl sites for hydroxylation is 2. The third-order valence-electron chi connectivity index (χ3n) is 2.86. The van der Waals surface area contributed by atoms with Crippen molar-refractivity contribution in [3.05, 3.63) is 46.8 Å². The Morgan fingerprint density at radius 1 is 1.29 bits per heavy atom. The fourth-order valence-corrected chi connectivity index (χ4v) is 2.64. The lowest BCUT2D eigenvalue weighted by atomic mass is 10.2. The van der Waals surface area contributed by atoms with Gasteiger partial charge in [-0.1, -0.05) is 0 Å². The van der Waals surface area contributed by atoms with Crippen molar-refractivity contribution < 1.29 is 0 Å². The van der Waals surface area contributed by atoms with Gasteiger partial charge < -0.3 is 5.73 Å². The normalized spacial score (nSPS) is 11.1. The zero-order valence-electron chi connectivity index (χ0n) is 9.34. The molecule has 0 aliphatic rings. The van der Waals surface area contributed by atoms with Crippen LogP contribution in [0.4, 0.5) is 5.69 Å². The molecule has 3 rings (SSSR count). The Hall–Kier alpha value is -1.81. The number of hydrogen-bond donors (Lipinski definition) is 1. The van der Waals surface area contributed by atoms with E-state index >= 15 is 0 Å². The van der Waals surface area contributed by atoms with Gasteiger partial charge in [-0.25, -0.2) is 0 Å². The molecular formula is C13H13N3S. The van der Waals surface area contributed by atoms with E-state index in [1.54, 1.807) is 11.3 Å². The van der Waals surface area contributed by atoms with Crippen LogP contribution in [-0.2, 0) is 13.0 Å². The topological polar surface area (TPSA) is 43.8 Å². The molecule has 0 saturated heterocycles. The highest BCUT2D eigenvalue weighted by Crippen LogP contribution is 2.17. The molecule has 2 aromatic heterocycles. The molecule has 0 saturated carbocycles. The number of aromatic nitrogens is 2. The molecule has 0 fully saturated rings. The molecule has 0 bridgehead atoms. The average molecular weight is 243 g/mol. The lowest BCUT2D eigenvalue weighted by molar-refractivity contribution is 0.636. The van der Waals surface area contributed by atoms with Crippen LogP contribution in [0.15, 0.2) is 41.2 Å². The predicted octanol–water partition coefficient (Wildman–Crippen LogP) is 2.92. The van der Waals surface area contributed by atoms with Crippen LogP contribution in [0.25, 0.3) is 10.9 Å². The smallest absolute Gasteiger partial charge is 0.0702 e. The lowest BCUT2D eigenvalue weighted by Gasteiger charge is -2.03. The number of benzene rings is 1. The van der Waals surface area contributed by atoms with Gasteiger partial charge in [-0.15, -0.1) is 0 Å². The summed E-state index contributed by atoms with van der Waals surface area (Å²) in [6.45, 7) is 0.893. The van der Waals surface area contributed by atoms with E-state index in [4.69, 9.17) is 5.73 Å². The Kier molecular flexibility index (Phi) is 2.57. The average Bonchev–Trinajstić information content (AvgIpc) is 2.94. The van der Waals surface area contributed by atoms with E-state index in [2.05, 4.69) is 21.9 Å². The lowest BCUT2D eigenvalue weighted by Crippen LogP contribution is -2.02. The van der Waals surface area contributed by atoms with Crippen LogP contribution in [0.2, 0.25) is 0 Å². The summed E-state index contributed by atoms with van der Waals surface area (Å²) in [7, 11) is 0. The predicted molar refractivity (Wildman–Crippen MR) is 72.2 cm³/mol. The van der Waals surface area contributed by atoms with Crippen molar-refractivity contribution in [2.75, 3.05) is 5.73 Å². The summed E-state index contributed by atoms with van der Waals surface area (Å²) in [6.07, 6.45) is 2.90. The highest BCUT2D eigenvalue weighted by Gasteiger charge is 2.03. The van der Waals surface area contributed by atoms with Gasteiger partial charge in [0.2, 0.25) is 0 Å². The van der Waals surface area contributed by atoms with Crippen molar-refractivity contribution in [2.45, 2.75) is 13.0 Å². The minimum absolute atomic E-state index is 0.787. The van der Waals surface area contributed by atoms with E-state index in [1.807, 2.05) is 29.1 Å². The molecular weight excluding hydrogens is 230 g/mol. The third kappa shape index (κ3) is 2.03. The fourth-order valence-electron chi connectivity index (χ4n) is 1.94. The Morgan fingerprint density at radius 2 is 2.24 bits per heavy atom. The maximum Gasteiger partial charge on any atom is 0.0702 e. The first-order valence-corrected chi connectivity index (χ1v) is 6.49. The second kappa shape index (κ2) is 4.22. The van der Waals surface area contributed by atoms with Gasteiger partial charge in [0, 0.05) is 17.6 Å². The largest absolute Gasteiger partial charge is 0.399 e. The van der Waals surface area contributed by atoms with Gasteiger partial charge in [0.15, 0.2) is 0 Å². The zero-order chi connectivity index (χ0) is 11.7. The van der Waals surface area contributed by atoms with Crippen molar-refractivity contribution in [3.8, 4) is 0 Å². The quantitative estimate of drug-likeness (QED) is 0.719. The summed E-state index contributed by atoms with van der Waals surface area (Å²) < 4.78 is 2.02. The van der Waals surface area contributed by atoms with Crippen LogP contribution in [-0.4, -0.2) is 9.78 Å². The molecule has 0 aliphatic carbocycles. The molecule has 0 amide bonds. The van der Waals surface area contributed by atoms with E-state index in [0.717, 1.165) is 29.6 Å². The summed E-state index contributed by atoms with van der Waals surface area (Å²) >= 11 is 1.73. The molecule has 3 nitrogen and oxygen atoms in total. The molecule has 2 N–H and O–H groups in total. The summed E-state index contributed by atoms with van der Waals surface area (Å²) in [4.78, 5) is 0. The van der Waals surface area contributed by atoms with Crippen molar-refractivity contribution >= 4 is 27.9 Å². The Morgan fingerprint density at radius 3 is 3.06 bits per heavy atom. The van der Waals surface area contributed by atoms with Crippen LogP contribution >= 0.6 is 11.3 Å². The van der Waals surface area contributed by atoms with Gasteiger partial charge in [-0.2, -0.15) is 16.4 Å². The van der Waals surface area contributed by atoms with Crippen molar-refractivity contribution in [1.82, 2.24) is 9.78 Å². The summed E-state index contributed by atoms with van der Waals surface area (Å²) in [6, 6.07) is 8.06. The maximum absolute atomic E-state index is 5.80. The third-order valence-corrected chi connectivity index (χ3v) is 3.59. The summed E-state index contributed by atoms with van der Waals surface area (Å²) in [5, 5.41) is 9.83. The van der Waals surface area contributed by atoms with Crippen molar-refractivity contribution in [1.29, 1.82) is 0 Å². The van der Waals surface area contributed by atoms with E-state index < -0.39 is 0 Å². The van der Waals surface area contributed by atoms with Gasteiger partial charge in [-0.3, -0.25) is 4.68 Å². The number of nitrogens with zero attached hydrogens (tertiary/aromatic N) is 2. The molecule has 0 atom stereocenters. The Labute approximate surface area is 103 Å². The maximum atomic E-state index is 5.80. The van der Waals surface area contributed by atoms with E-state index in [-0.39, 0.29) is 0 Å². The summed E-state index contributed by atoms with van der Waals surface area (Å²) in [5.74, 6) is 0. The molecule has 0 radical (unpaired) electrons. The number of hydrogen-bond acceptors (Lipinski definition) is 3. The molecule has 17 heavy (non-hydrogen) atoms. The minimum atomic E-state index is 0.787. The number of nitrogens with two attached hydrogens (primary N) is 1. The molecule has 2 heterocycles. The molecule has 0 spiro atoms. The van der Waals surface area contributed by atoms with E-state index in [1.165, 1.54) is 5.56 Å². The number of anilines is 1. The van der Waals surface area contributed by atoms with Crippen LogP contribution < -0.4 is 5.73 Å². The van der Waals surface area contributed by atoms with Gasteiger partial charge in [-0.05, 0) is 47.0 Å². The molecule has 0 aliphatic heterocycles. The van der Waals surface area contributed by atoms with E-state index in [0.29, 0.717) is 0 Å². The van der Waals surface area contributed by atoms with Crippen molar-refractivity contribution in [2.24, 2.45) is 0 Å². The van der Waals surface area contributed by atoms with Gasteiger partial charge in [0.25, 0.3) is 0 Å². The highest BCUT2D eigenvalue weighted by atomic mass is 32.1. The number of rotatable bonds is 3. The fraction of sp³-hybridized carbons (Fsp3) is 0.154. The van der Waals surface area contributed by atoms with Gasteiger partial charge >= 0.3 is 0 Å². The number of thiophene rings is 1. The first kappa shape index (κ1) is 10.4. The number of nitrogen functional groups attached to an aromatic ring is 1. The SMILES string of the molecule is Nc1ccc2cnn(CCc3ccsc3)c2c1. The van der Waals surface area contributed by atoms with Gasteiger partial charge in [0.05, 0.1) is 11.7 Å². The molecule has 86 valence electrons. The van der Waals surface area contributed by atoms with Crippen molar-refractivity contribution in [3.63, 3.8) is 0 Å². The second-order valence-corrected chi connectivity index (χ2v) is 4.85. The van der Waals surface area contributed by atoms with Crippen LogP contribution in [0.1, 0.15) is 5.56 Å². The Balaban J connectivity index is 1.87. The minimum Gasteiger partial charge on any atom is -0.399 e. The highest BCUT2D eigenvalue weighted by molar-refractivity contribution is 7.07. The van der Waals surface area contributed by atoms with Crippen LogP contribution in [0, 0.1) is 0 Å². The monoisotopic (exact) mass is 243 g/mol. The number of fused-ring (bicyclic) bond motifs is 1. The zero-order valence-corrected chi connectivity index (χ0v) is 10.2. The summed E-state index contributed by atoms with van der Waals surface area (Å²) in [5.41, 5.74) is 9.06. The van der Waals surface area contributed by atoms with Crippen LogP contribution in [0.3, 0.4) is 0 Å².